The van der Waals surface area contributed by atoms with Crippen molar-refractivity contribution in [2.24, 2.45) is 11.8 Å². The molecule has 2 saturated carbocycles. The fourth-order valence-electron chi connectivity index (χ4n) is 3.28. The molecule has 2 aliphatic carbocycles. The van der Waals surface area contributed by atoms with Crippen molar-refractivity contribution >= 4 is 0 Å². The Hall–Kier alpha value is -0.0800. The standard InChI is InChI=1S/C14H27NO/c1-3-12(10-16-2)15-14-9-13(14)11-7-5-4-6-8-11/h11-15H,3-10H2,1-2H3. The molecule has 3 unspecified atom stereocenters. The van der Waals surface area contributed by atoms with Crippen LogP contribution in [-0.2, 0) is 4.74 Å². The minimum atomic E-state index is 0.573. The predicted octanol–water partition coefficient (Wildman–Crippen LogP) is 2.97. The van der Waals surface area contributed by atoms with Crippen molar-refractivity contribution < 1.29 is 4.74 Å². The first-order valence-corrected chi connectivity index (χ1v) is 7.10. The summed E-state index contributed by atoms with van der Waals surface area (Å²) in [7, 11) is 1.80. The maximum absolute atomic E-state index is 5.24. The summed E-state index contributed by atoms with van der Waals surface area (Å²) >= 11 is 0. The largest absolute Gasteiger partial charge is 0.383 e. The molecule has 0 aromatic carbocycles. The molecule has 2 fully saturated rings. The number of ether oxygens (including phenoxy) is 1. The molecule has 3 atom stereocenters. The van der Waals surface area contributed by atoms with Gasteiger partial charge in [0.05, 0.1) is 6.61 Å². The van der Waals surface area contributed by atoms with Crippen molar-refractivity contribution in [3.8, 4) is 0 Å². The van der Waals surface area contributed by atoms with E-state index < -0.39 is 0 Å². The van der Waals surface area contributed by atoms with Gasteiger partial charge in [-0.1, -0.05) is 39.0 Å². The van der Waals surface area contributed by atoms with Gasteiger partial charge in [-0.2, -0.15) is 0 Å². The summed E-state index contributed by atoms with van der Waals surface area (Å²) < 4.78 is 5.24. The molecule has 0 bridgehead atoms. The molecule has 0 aromatic heterocycles. The van der Waals surface area contributed by atoms with Gasteiger partial charge in [-0.25, -0.2) is 0 Å². The second kappa shape index (κ2) is 6.02. The second-order valence-corrected chi connectivity index (χ2v) is 5.63. The zero-order valence-corrected chi connectivity index (χ0v) is 10.9. The molecule has 2 heteroatoms. The summed E-state index contributed by atoms with van der Waals surface area (Å²) in [6.07, 6.45) is 10.0. The summed E-state index contributed by atoms with van der Waals surface area (Å²) in [6, 6.07) is 1.38. The van der Waals surface area contributed by atoms with Crippen molar-refractivity contribution in [1.29, 1.82) is 0 Å². The molecule has 94 valence electrons. The SMILES string of the molecule is CCC(COC)NC1CC1C1CCCCC1. The zero-order valence-electron chi connectivity index (χ0n) is 10.9. The summed E-state index contributed by atoms with van der Waals surface area (Å²) in [5.74, 6) is 2.03. The highest BCUT2D eigenvalue weighted by Crippen LogP contribution is 2.44. The maximum Gasteiger partial charge on any atom is 0.0615 e. The van der Waals surface area contributed by atoms with Gasteiger partial charge in [-0.15, -0.1) is 0 Å². The molecule has 2 rings (SSSR count). The van der Waals surface area contributed by atoms with E-state index in [2.05, 4.69) is 12.2 Å². The van der Waals surface area contributed by atoms with Gasteiger partial charge in [0.2, 0.25) is 0 Å². The number of hydrogen-bond acceptors (Lipinski definition) is 2. The van der Waals surface area contributed by atoms with Crippen LogP contribution in [0.2, 0.25) is 0 Å². The Morgan fingerprint density at radius 1 is 1.25 bits per heavy atom. The first-order chi connectivity index (χ1) is 7.85. The van der Waals surface area contributed by atoms with Gasteiger partial charge in [-0.3, -0.25) is 0 Å². The molecular weight excluding hydrogens is 198 g/mol. The zero-order chi connectivity index (χ0) is 11.4. The Kier molecular flexibility index (Phi) is 4.66. The van der Waals surface area contributed by atoms with Gasteiger partial charge in [-0.05, 0) is 24.7 Å². The Bertz CT molecular complexity index is 201. The van der Waals surface area contributed by atoms with Crippen LogP contribution >= 0.6 is 0 Å². The molecule has 2 nitrogen and oxygen atoms in total. The minimum absolute atomic E-state index is 0.573. The van der Waals surface area contributed by atoms with Crippen LogP contribution < -0.4 is 5.32 Å². The highest BCUT2D eigenvalue weighted by atomic mass is 16.5. The molecule has 1 N–H and O–H groups in total. The van der Waals surface area contributed by atoms with Crippen LogP contribution in [0.25, 0.3) is 0 Å². The lowest BCUT2D eigenvalue weighted by Crippen LogP contribution is -2.35. The molecular formula is C14H27NO. The molecule has 0 aliphatic heterocycles. The van der Waals surface area contributed by atoms with Gasteiger partial charge in [0.25, 0.3) is 0 Å². The van der Waals surface area contributed by atoms with Crippen LogP contribution in [0.5, 0.6) is 0 Å². The Morgan fingerprint density at radius 3 is 2.62 bits per heavy atom. The van der Waals surface area contributed by atoms with Crippen molar-refractivity contribution in [2.75, 3.05) is 13.7 Å². The highest BCUT2D eigenvalue weighted by Gasteiger charge is 2.43. The Morgan fingerprint density at radius 2 is 2.00 bits per heavy atom. The summed E-state index contributed by atoms with van der Waals surface area (Å²) in [5, 5.41) is 3.76. The summed E-state index contributed by atoms with van der Waals surface area (Å²) in [6.45, 7) is 3.11. The average Bonchev–Trinajstić information content (AvgIpc) is 3.09. The van der Waals surface area contributed by atoms with E-state index in [1.807, 2.05) is 0 Å². The maximum atomic E-state index is 5.24. The van der Waals surface area contributed by atoms with Crippen LogP contribution in [0.1, 0.15) is 51.9 Å². The van der Waals surface area contributed by atoms with Crippen molar-refractivity contribution in [2.45, 2.75) is 64.0 Å². The lowest BCUT2D eigenvalue weighted by Gasteiger charge is -2.23. The second-order valence-electron chi connectivity index (χ2n) is 5.63. The van der Waals surface area contributed by atoms with Gasteiger partial charge in [0.15, 0.2) is 0 Å². The minimum Gasteiger partial charge on any atom is -0.383 e. The monoisotopic (exact) mass is 225 g/mol. The fraction of sp³-hybridized carbons (Fsp3) is 1.00. The van der Waals surface area contributed by atoms with Gasteiger partial charge >= 0.3 is 0 Å². The van der Waals surface area contributed by atoms with Crippen molar-refractivity contribution in [3.63, 3.8) is 0 Å². The van der Waals surface area contributed by atoms with Crippen molar-refractivity contribution in [3.05, 3.63) is 0 Å². The third-order valence-corrected chi connectivity index (χ3v) is 4.41. The first-order valence-electron chi connectivity index (χ1n) is 7.10. The number of rotatable bonds is 6. The number of hydrogen-bond donors (Lipinski definition) is 1. The van der Waals surface area contributed by atoms with Crippen molar-refractivity contribution in [1.82, 2.24) is 5.32 Å². The van der Waals surface area contributed by atoms with E-state index in [1.54, 1.807) is 7.11 Å². The lowest BCUT2D eigenvalue weighted by atomic mass is 9.85. The van der Waals surface area contributed by atoms with Crippen LogP contribution in [0.4, 0.5) is 0 Å². The Balaban J connectivity index is 1.69. The van der Waals surface area contributed by atoms with Gasteiger partial charge in [0, 0.05) is 19.2 Å². The van der Waals surface area contributed by atoms with Crippen LogP contribution in [0, 0.1) is 11.8 Å². The molecule has 0 saturated heterocycles. The number of nitrogens with one attached hydrogen (secondary N) is 1. The summed E-state index contributed by atoms with van der Waals surface area (Å²) in [5.41, 5.74) is 0. The van der Waals surface area contributed by atoms with E-state index in [9.17, 15) is 0 Å². The van der Waals surface area contributed by atoms with E-state index in [0.717, 1.165) is 24.5 Å². The lowest BCUT2D eigenvalue weighted by molar-refractivity contribution is 0.161. The molecule has 0 spiro atoms. The van der Waals surface area contributed by atoms with E-state index >= 15 is 0 Å². The van der Waals surface area contributed by atoms with Crippen LogP contribution in [0.15, 0.2) is 0 Å². The van der Waals surface area contributed by atoms with E-state index in [-0.39, 0.29) is 0 Å². The fourth-order valence-corrected chi connectivity index (χ4v) is 3.28. The normalized spacial score (nSPS) is 32.6. The average molecular weight is 225 g/mol. The van der Waals surface area contributed by atoms with E-state index in [0.29, 0.717) is 6.04 Å². The molecule has 0 amide bonds. The molecule has 2 aliphatic rings. The summed E-state index contributed by atoms with van der Waals surface area (Å²) in [4.78, 5) is 0. The Labute approximate surface area is 100 Å². The van der Waals surface area contributed by atoms with Crippen LogP contribution in [0.3, 0.4) is 0 Å². The third kappa shape index (κ3) is 3.21. The smallest absolute Gasteiger partial charge is 0.0615 e. The molecule has 0 heterocycles. The molecule has 16 heavy (non-hydrogen) atoms. The van der Waals surface area contributed by atoms with E-state index in [4.69, 9.17) is 4.74 Å². The van der Waals surface area contributed by atoms with Crippen LogP contribution in [-0.4, -0.2) is 25.8 Å². The highest BCUT2D eigenvalue weighted by molar-refractivity contribution is 4.99. The topological polar surface area (TPSA) is 21.3 Å². The molecule has 0 aromatic rings. The molecule has 0 radical (unpaired) electrons. The first kappa shape index (κ1) is 12.4. The number of methoxy groups -OCH3 is 1. The third-order valence-electron chi connectivity index (χ3n) is 4.41. The van der Waals surface area contributed by atoms with E-state index in [1.165, 1.54) is 44.9 Å². The van der Waals surface area contributed by atoms with Gasteiger partial charge in [0.1, 0.15) is 0 Å². The predicted molar refractivity (Wildman–Crippen MR) is 67.6 cm³/mol. The van der Waals surface area contributed by atoms with Gasteiger partial charge < -0.3 is 10.1 Å². The quantitative estimate of drug-likeness (QED) is 0.750.